The summed E-state index contributed by atoms with van der Waals surface area (Å²) in [5.74, 6) is 0.654. The highest BCUT2D eigenvalue weighted by molar-refractivity contribution is 6.47. The van der Waals surface area contributed by atoms with E-state index < -0.39 is 0 Å². The van der Waals surface area contributed by atoms with Gasteiger partial charge in [0, 0.05) is 12.5 Å². The molecule has 6 heteroatoms. The minimum Gasteiger partial charge on any atom is -0.463 e. The van der Waals surface area contributed by atoms with Crippen molar-refractivity contribution in [1.82, 2.24) is 0 Å². The van der Waals surface area contributed by atoms with Crippen LogP contribution >= 0.6 is 0 Å². The molecule has 106 valence electrons. The molecule has 0 amide bonds. The van der Waals surface area contributed by atoms with Crippen LogP contribution in [0.15, 0.2) is 29.3 Å². The molecule has 0 bridgehead atoms. The van der Waals surface area contributed by atoms with E-state index in [4.69, 9.17) is 19.6 Å². The molecule has 0 radical (unpaired) electrons. The van der Waals surface area contributed by atoms with Gasteiger partial charge < -0.3 is 14.2 Å². The standard InChI is InChI=1S/C14H16N2O4/c1-10(17)19-9-8-18-7-6-16-14-13(15)11-4-2-3-5-12(11)20-14/h2-5,15H,6-9H2,1H3. The zero-order valence-electron chi connectivity index (χ0n) is 11.2. The van der Waals surface area contributed by atoms with E-state index in [-0.39, 0.29) is 12.6 Å². The Labute approximate surface area is 116 Å². The van der Waals surface area contributed by atoms with E-state index >= 15 is 0 Å². The van der Waals surface area contributed by atoms with Gasteiger partial charge in [-0.1, -0.05) is 12.1 Å². The molecule has 1 aliphatic rings. The second-order valence-electron chi connectivity index (χ2n) is 4.11. The quantitative estimate of drug-likeness (QED) is 0.629. The lowest BCUT2D eigenvalue weighted by Gasteiger charge is -2.03. The lowest BCUT2D eigenvalue weighted by atomic mass is 10.1. The summed E-state index contributed by atoms with van der Waals surface area (Å²) >= 11 is 0. The second kappa shape index (κ2) is 6.81. The number of esters is 1. The summed E-state index contributed by atoms with van der Waals surface area (Å²) in [6, 6.07) is 7.35. The molecule has 1 aliphatic heterocycles. The third kappa shape index (κ3) is 3.64. The molecule has 0 aliphatic carbocycles. The molecule has 20 heavy (non-hydrogen) atoms. The fraction of sp³-hybridized carbons (Fsp3) is 0.357. The third-order valence-electron chi connectivity index (χ3n) is 2.60. The number of ether oxygens (including phenoxy) is 3. The summed E-state index contributed by atoms with van der Waals surface area (Å²) in [7, 11) is 0. The van der Waals surface area contributed by atoms with Gasteiger partial charge in [0.2, 0.25) is 5.90 Å². The normalized spacial score (nSPS) is 15.1. The number of hydrogen-bond acceptors (Lipinski definition) is 6. The van der Waals surface area contributed by atoms with Crippen LogP contribution in [0, 0.1) is 5.41 Å². The Bertz CT molecular complexity index is 540. The minimum atomic E-state index is -0.320. The molecule has 0 fully saturated rings. The number of para-hydroxylation sites is 1. The average molecular weight is 276 g/mol. The first-order valence-electron chi connectivity index (χ1n) is 6.30. The molecule has 1 aromatic rings. The van der Waals surface area contributed by atoms with Crippen molar-refractivity contribution in [2.24, 2.45) is 4.99 Å². The minimum absolute atomic E-state index is 0.240. The summed E-state index contributed by atoms with van der Waals surface area (Å²) in [6.45, 7) is 2.71. The number of hydrogen-bond donors (Lipinski definition) is 1. The highest BCUT2D eigenvalue weighted by Gasteiger charge is 2.24. The van der Waals surface area contributed by atoms with Crippen LogP contribution in [0.3, 0.4) is 0 Å². The van der Waals surface area contributed by atoms with Gasteiger partial charge in [-0.3, -0.25) is 10.2 Å². The maximum absolute atomic E-state index is 10.5. The van der Waals surface area contributed by atoms with Gasteiger partial charge in [-0.2, -0.15) is 0 Å². The van der Waals surface area contributed by atoms with Gasteiger partial charge in [-0.05, 0) is 12.1 Å². The van der Waals surface area contributed by atoms with Crippen molar-refractivity contribution < 1.29 is 19.0 Å². The topological polar surface area (TPSA) is 81.0 Å². The van der Waals surface area contributed by atoms with Crippen molar-refractivity contribution in [3.8, 4) is 5.75 Å². The Kier molecular flexibility index (Phi) is 4.84. The Morgan fingerprint density at radius 1 is 1.30 bits per heavy atom. The van der Waals surface area contributed by atoms with Crippen molar-refractivity contribution in [2.75, 3.05) is 26.4 Å². The fourth-order valence-corrected chi connectivity index (χ4v) is 1.70. The first kappa shape index (κ1) is 14.2. The summed E-state index contributed by atoms with van der Waals surface area (Å²) in [5.41, 5.74) is 1.04. The van der Waals surface area contributed by atoms with Crippen LogP contribution in [0.2, 0.25) is 0 Å². The van der Waals surface area contributed by atoms with Crippen LogP contribution in [-0.2, 0) is 14.3 Å². The maximum atomic E-state index is 10.5. The zero-order chi connectivity index (χ0) is 14.4. The number of nitrogens with one attached hydrogen (secondary N) is 1. The highest BCUT2D eigenvalue weighted by Crippen LogP contribution is 2.25. The Balaban J connectivity index is 1.72. The van der Waals surface area contributed by atoms with E-state index in [2.05, 4.69) is 4.99 Å². The number of nitrogens with zero attached hydrogens (tertiary/aromatic N) is 1. The van der Waals surface area contributed by atoms with Crippen LogP contribution in [0.25, 0.3) is 0 Å². The molecule has 0 unspecified atom stereocenters. The van der Waals surface area contributed by atoms with E-state index in [0.29, 0.717) is 37.1 Å². The van der Waals surface area contributed by atoms with Crippen LogP contribution in [0.5, 0.6) is 5.75 Å². The molecular formula is C14H16N2O4. The highest BCUT2D eigenvalue weighted by atomic mass is 16.6. The summed E-state index contributed by atoms with van der Waals surface area (Å²) in [4.78, 5) is 14.7. The molecule has 0 atom stereocenters. The molecular weight excluding hydrogens is 260 g/mol. The molecule has 6 nitrogen and oxygen atoms in total. The predicted molar refractivity (Wildman–Crippen MR) is 73.7 cm³/mol. The van der Waals surface area contributed by atoms with Gasteiger partial charge in [0.05, 0.1) is 19.8 Å². The fourth-order valence-electron chi connectivity index (χ4n) is 1.70. The van der Waals surface area contributed by atoms with E-state index in [1.165, 1.54) is 6.92 Å². The molecule has 1 aromatic carbocycles. The number of carbonyl (C=O) groups excluding carboxylic acids is 1. The van der Waals surface area contributed by atoms with Gasteiger partial charge >= 0.3 is 5.97 Å². The number of fused-ring (bicyclic) bond motifs is 1. The van der Waals surface area contributed by atoms with Gasteiger partial charge in [-0.25, -0.2) is 4.99 Å². The second-order valence-corrected chi connectivity index (χ2v) is 4.11. The first-order valence-corrected chi connectivity index (χ1v) is 6.30. The van der Waals surface area contributed by atoms with Gasteiger partial charge in [-0.15, -0.1) is 0 Å². The van der Waals surface area contributed by atoms with E-state index in [1.54, 1.807) is 0 Å². The Morgan fingerprint density at radius 3 is 2.85 bits per heavy atom. The number of aliphatic imine (C=N–C) groups is 1. The van der Waals surface area contributed by atoms with Crippen molar-refractivity contribution in [3.63, 3.8) is 0 Å². The van der Waals surface area contributed by atoms with Gasteiger partial charge in [0.1, 0.15) is 18.1 Å². The Morgan fingerprint density at radius 2 is 2.10 bits per heavy atom. The maximum Gasteiger partial charge on any atom is 0.302 e. The van der Waals surface area contributed by atoms with Crippen molar-refractivity contribution in [3.05, 3.63) is 29.8 Å². The van der Waals surface area contributed by atoms with Crippen LogP contribution in [0.1, 0.15) is 12.5 Å². The van der Waals surface area contributed by atoms with E-state index in [1.807, 2.05) is 24.3 Å². The molecule has 0 saturated carbocycles. The molecule has 1 N–H and O–H groups in total. The zero-order valence-corrected chi connectivity index (χ0v) is 11.2. The Hall–Kier alpha value is -2.21. The molecule has 2 rings (SSSR count). The summed E-state index contributed by atoms with van der Waals surface area (Å²) < 4.78 is 15.4. The van der Waals surface area contributed by atoms with Crippen molar-refractivity contribution in [2.45, 2.75) is 6.92 Å². The number of rotatable bonds is 6. The summed E-state index contributed by atoms with van der Waals surface area (Å²) in [6.07, 6.45) is 0. The van der Waals surface area contributed by atoms with Crippen LogP contribution in [-0.4, -0.2) is 43.9 Å². The van der Waals surface area contributed by atoms with Gasteiger partial charge in [0.15, 0.2) is 0 Å². The van der Waals surface area contributed by atoms with Crippen LogP contribution in [0.4, 0.5) is 0 Å². The predicted octanol–water partition coefficient (Wildman–Crippen LogP) is 1.43. The number of carbonyl (C=O) groups is 1. The SMILES string of the molecule is CC(=O)OCCOCCN=C1Oc2ccccc2C1=N. The first-order chi connectivity index (χ1) is 9.68. The van der Waals surface area contributed by atoms with Crippen molar-refractivity contribution >= 4 is 17.6 Å². The van der Waals surface area contributed by atoms with E-state index in [0.717, 1.165) is 5.56 Å². The molecule has 0 spiro atoms. The van der Waals surface area contributed by atoms with Gasteiger partial charge in [0.25, 0.3) is 0 Å². The lowest BCUT2D eigenvalue weighted by molar-refractivity contribution is -0.142. The number of benzene rings is 1. The smallest absolute Gasteiger partial charge is 0.302 e. The summed E-state index contributed by atoms with van der Waals surface area (Å²) in [5, 5.41) is 7.93. The molecule has 1 heterocycles. The third-order valence-corrected chi connectivity index (χ3v) is 2.60. The average Bonchev–Trinajstić information content (AvgIpc) is 2.75. The molecule has 0 aromatic heterocycles. The van der Waals surface area contributed by atoms with E-state index in [9.17, 15) is 4.79 Å². The largest absolute Gasteiger partial charge is 0.463 e. The monoisotopic (exact) mass is 276 g/mol. The lowest BCUT2D eigenvalue weighted by Crippen LogP contribution is -2.15. The van der Waals surface area contributed by atoms with Crippen LogP contribution < -0.4 is 4.74 Å². The molecule has 0 saturated heterocycles. The van der Waals surface area contributed by atoms with Crippen molar-refractivity contribution in [1.29, 1.82) is 5.41 Å².